The molecule has 2 rings (SSSR count). The lowest BCUT2D eigenvalue weighted by Crippen LogP contribution is -2.23. The highest BCUT2D eigenvalue weighted by molar-refractivity contribution is 9.10. The Hall–Kier alpha value is -2.08. The zero-order chi connectivity index (χ0) is 16.1. The molecule has 2 aromatic rings. The molecule has 0 fully saturated rings. The third kappa shape index (κ3) is 3.98. The summed E-state index contributed by atoms with van der Waals surface area (Å²) in [5.74, 6) is 1.36. The number of rotatable bonds is 5. The van der Waals surface area contributed by atoms with Crippen molar-refractivity contribution in [3.8, 4) is 5.75 Å². The highest BCUT2D eigenvalue weighted by atomic mass is 79.9. The fourth-order valence-corrected chi connectivity index (χ4v) is 2.30. The number of nitrogens with one attached hydrogen (secondary N) is 1. The molecular formula is C16H18BrN3O2. The number of ether oxygens (including phenoxy) is 1. The van der Waals surface area contributed by atoms with E-state index in [-0.39, 0.29) is 5.91 Å². The first kappa shape index (κ1) is 16.3. The predicted molar refractivity (Wildman–Crippen MR) is 90.4 cm³/mol. The van der Waals surface area contributed by atoms with Crippen LogP contribution in [0.25, 0.3) is 0 Å². The Labute approximate surface area is 138 Å². The number of pyridine rings is 1. The summed E-state index contributed by atoms with van der Waals surface area (Å²) >= 11 is 3.38. The van der Waals surface area contributed by atoms with Crippen LogP contribution in [0, 0.1) is 0 Å². The molecule has 1 heterocycles. The van der Waals surface area contributed by atoms with Crippen LogP contribution >= 0.6 is 15.9 Å². The van der Waals surface area contributed by atoms with Crippen molar-refractivity contribution in [1.29, 1.82) is 0 Å². The fourth-order valence-electron chi connectivity index (χ4n) is 1.87. The third-order valence-corrected chi connectivity index (χ3v) is 3.83. The lowest BCUT2D eigenvalue weighted by molar-refractivity contribution is 0.0949. The number of amides is 1. The summed E-state index contributed by atoms with van der Waals surface area (Å²) in [5.41, 5.74) is 1.48. The Balaban J connectivity index is 2.03. The minimum absolute atomic E-state index is 0.164. The van der Waals surface area contributed by atoms with Crippen LogP contribution in [0.4, 0.5) is 5.82 Å². The van der Waals surface area contributed by atoms with Crippen LogP contribution in [0.5, 0.6) is 5.75 Å². The number of hydrogen-bond acceptors (Lipinski definition) is 4. The molecule has 1 N–H and O–H groups in total. The normalized spacial score (nSPS) is 10.2. The third-order valence-electron chi connectivity index (χ3n) is 3.14. The van der Waals surface area contributed by atoms with E-state index < -0.39 is 0 Å². The van der Waals surface area contributed by atoms with Crippen molar-refractivity contribution < 1.29 is 9.53 Å². The van der Waals surface area contributed by atoms with E-state index in [1.807, 2.05) is 31.1 Å². The zero-order valence-electron chi connectivity index (χ0n) is 12.8. The average molecular weight is 364 g/mol. The molecule has 0 atom stereocenters. The molecule has 0 spiro atoms. The second kappa shape index (κ2) is 7.26. The van der Waals surface area contributed by atoms with Crippen LogP contribution in [-0.2, 0) is 6.54 Å². The van der Waals surface area contributed by atoms with E-state index in [0.29, 0.717) is 17.9 Å². The summed E-state index contributed by atoms with van der Waals surface area (Å²) in [6.45, 7) is 0.420. The van der Waals surface area contributed by atoms with E-state index in [4.69, 9.17) is 4.74 Å². The van der Waals surface area contributed by atoms with Crippen molar-refractivity contribution in [2.24, 2.45) is 0 Å². The van der Waals surface area contributed by atoms with Crippen molar-refractivity contribution in [2.45, 2.75) is 6.54 Å². The molecule has 6 heteroatoms. The van der Waals surface area contributed by atoms with Crippen molar-refractivity contribution in [3.05, 3.63) is 52.1 Å². The summed E-state index contributed by atoms with van der Waals surface area (Å²) in [6.07, 6.45) is 1.76. The fraction of sp³-hybridized carbons (Fsp3) is 0.250. The van der Waals surface area contributed by atoms with Gasteiger partial charge in [0.05, 0.1) is 12.7 Å². The zero-order valence-corrected chi connectivity index (χ0v) is 14.3. The van der Waals surface area contributed by atoms with Gasteiger partial charge in [-0.2, -0.15) is 0 Å². The smallest absolute Gasteiger partial charge is 0.252 e. The second-order valence-electron chi connectivity index (χ2n) is 4.95. The number of benzene rings is 1. The molecule has 0 saturated heterocycles. The maximum Gasteiger partial charge on any atom is 0.252 e. The number of carbonyl (C=O) groups excluding carboxylic acids is 1. The predicted octanol–water partition coefficient (Wildman–Crippen LogP) is 2.85. The van der Waals surface area contributed by atoms with Gasteiger partial charge in [-0.3, -0.25) is 4.79 Å². The number of aromatic nitrogens is 1. The van der Waals surface area contributed by atoms with Crippen molar-refractivity contribution in [2.75, 3.05) is 26.1 Å². The molecule has 1 aromatic carbocycles. The van der Waals surface area contributed by atoms with E-state index in [1.54, 1.807) is 31.5 Å². The van der Waals surface area contributed by atoms with Crippen LogP contribution in [0.1, 0.15) is 15.9 Å². The molecule has 0 aliphatic carbocycles. The van der Waals surface area contributed by atoms with E-state index >= 15 is 0 Å². The van der Waals surface area contributed by atoms with Crippen LogP contribution in [0.15, 0.2) is 41.0 Å². The van der Waals surface area contributed by atoms with E-state index in [1.165, 1.54) is 0 Å². The van der Waals surface area contributed by atoms with Crippen molar-refractivity contribution in [3.63, 3.8) is 0 Å². The largest absolute Gasteiger partial charge is 0.497 e. The lowest BCUT2D eigenvalue weighted by atomic mass is 10.2. The number of methoxy groups -OCH3 is 1. The monoisotopic (exact) mass is 363 g/mol. The number of carbonyl (C=O) groups is 1. The highest BCUT2D eigenvalue weighted by Crippen LogP contribution is 2.22. The summed E-state index contributed by atoms with van der Waals surface area (Å²) in [4.78, 5) is 18.5. The van der Waals surface area contributed by atoms with Gasteiger partial charge < -0.3 is 15.0 Å². The minimum Gasteiger partial charge on any atom is -0.497 e. The molecule has 0 saturated carbocycles. The van der Waals surface area contributed by atoms with E-state index in [9.17, 15) is 4.79 Å². The molecule has 116 valence electrons. The topological polar surface area (TPSA) is 54.5 Å². The SMILES string of the molecule is COc1ccc(Br)c(C(=O)NCc2ccc(N(C)C)nc2)c1. The van der Waals surface area contributed by atoms with Crippen LogP contribution in [0.3, 0.4) is 0 Å². The molecule has 0 unspecified atom stereocenters. The quantitative estimate of drug-likeness (QED) is 0.887. The van der Waals surface area contributed by atoms with Gasteiger partial charge in [0, 0.05) is 31.3 Å². The first-order valence-electron chi connectivity index (χ1n) is 6.75. The Bertz CT molecular complexity index is 657. The van der Waals surface area contributed by atoms with Gasteiger partial charge >= 0.3 is 0 Å². The average Bonchev–Trinajstić information content (AvgIpc) is 2.53. The number of halogens is 1. The van der Waals surface area contributed by atoms with Crippen LogP contribution in [-0.4, -0.2) is 32.1 Å². The molecular weight excluding hydrogens is 346 g/mol. The van der Waals surface area contributed by atoms with Gasteiger partial charge in [0.25, 0.3) is 5.91 Å². The Morgan fingerprint density at radius 3 is 2.68 bits per heavy atom. The van der Waals surface area contributed by atoms with E-state index in [2.05, 4.69) is 26.2 Å². The molecule has 1 aromatic heterocycles. The van der Waals surface area contributed by atoms with Gasteiger partial charge in [-0.25, -0.2) is 4.98 Å². The van der Waals surface area contributed by atoms with Crippen molar-refractivity contribution >= 4 is 27.7 Å². The highest BCUT2D eigenvalue weighted by Gasteiger charge is 2.11. The summed E-state index contributed by atoms with van der Waals surface area (Å²) in [7, 11) is 5.44. The van der Waals surface area contributed by atoms with E-state index in [0.717, 1.165) is 15.9 Å². The molecule has 0 radical (unpaired) electrons. The first-order chi connectivity index (χ1) is 10.5. The van der Waals surface area contributed by atoms with Crippen LogP contribution in [0.2, 0.25) is 0 Å². The standard InChI is InChI=1S/C16H18BrN3O2/c1-20(2)15-7-4-11(9-18-15)10-19-16(21)13-8-12(22-3)5-6-14(13)17/h4-9H,10H2,1-3H3,(H,19,21). The first-order valence-corrected chi connectivity index (χ1v) is 7.54. The lowest BCUT2D eigenvalue weighted by Gasteiger charge is -2.12. The maximum atomic E-state index is 12.3. The van der Waals surface area contributed by atoms with Gasteiger partial charge in [0.1, 0.15) is 11.6 Å². The summed E-state index contributed by atoms with van der Waals surface area (Å²) in [6, 6.07) is 9.16. The molecule has 0 aliphatic heterocycles. The number of hydrogen-bond donors (Lipinski definition) is 1. The Kier molecular flexibility index (Phi) is 5.38. The number of nitrogens with zero attached hydrogens (tertiary/aromatic N) is 2. The molecule has 22 heavy (non-hydrogen) atoms. The molecule has 0 aliphatic rings. The van der Waals surface area contributed by atoms with Gasteiger partial charge in [0.15, 0.2) is 0 Å². The minimum atomic E-state index is -0.164. The van der Waals surface area contributed by atoms with Gasteiger partial charge in [-0.05, 0) is 45.8 Å². The second-order valence-corrected chi connectivity index (χ2v) is 5.80. The number of anilines is 1. The van der Waals surface area contributed by atoms with Crippen LogP contribution < -0.4 is 15.0 Å². The van der Waals surface area contributed by atoms with Crippen molar-refractivity contribution in [1.82, 2.24) is 10.3 Å². The van der Waals surface area contributed by atoms with Gasteiger partial charge in [-0.15, -0.1) is 0 Å². The van der Waals surface area contributed by atoms with Gasteiger partial charge in [-0.1, -0.05) is 6.07 Å². The summed E-state index contributed by atoms with van der Waals surface area (Å²) < 4.78 is 5.87. The molecule has 5 nitrogen and oxygen atoms in total. The molecule has 1 amide bonds. The Morgan fingerprint density at radius 1 is 1.32 bits per heavy atom. The van der Waals surface area contributed by atoms with Gasteiger partial charge in [0.2, 0.25) is 0 Å². The Morgan fingerprint density at radius 2 is 2.09 bits per heavy atom. The maximum absolute atomic E-state index is 12.3. The summed E-state index contributed by atoms with van der Waals surface area (Å²) in [5, 5.41) is 2.88. The molecule has 0 bridgehead atoms.